The number of nitriles is 1. The summed E-state index contributed by atoms with van der Waals surface area (Å²) in [6, 6.07) is 1.55. The van der Waals surface area contributed by atoms with E-state index in [0.717, 1.165) is 0 Å². The Hall–Kier alpha value is 0.650. The first-order valence-corrected chi connectivity index (χ1v) is 3.49. The van der Waals surface area contributed by atoms with Gasteiger partial charge in [0.15, 0.2) is 4.33 Å². The van der Waals surface area contributed by atoms with E-state index in [4.69, 9.17) is 51.7 Å². The summed E-state index contributed by atoms with van der Waals surface area (Å²) >= 11 is 21.5. The fraction of sp³-hybridized carbons (Fsp3) is 0.750. The molecule has 0 saturated heterocycles. The van der Waals surface area contributed by atoms with Crippen LogP contribution in [0.2, 0.25) is 0 Å². The van der Waals surface area contributed by atoms with Crippen LogP contribution in [0.15, 0.2) is 0 Å². The topological polar surface area (TPSA) is 23.8 Å². The van der Waals surface area contributed by atoms with Crippen molar-refractivity contribution >= 4 is 46.4 Å². The molecule has 0 heterocycles. The van der Waals surface area contributed by atoms with Gasteiger partial charge in [0.1, 0.15) is 6.07 Å². The highest BCUT2D eigenvalue weighted by Gasteiger charge is 2.43. The third kappa shape index (κ3) is 2.39. The largest absolute Gasteiger partial charge is 0.235 e. The van der Waals surface area contributed by atoms with Crippen molar-refractivity contribution in [2.24, 2.45) is 0 Å². The lowest BCUT2D eigenvalue weighted by Crippen LogP contribution is -2.31. The Morgan fingerprint density at radius 3 is 1.56 bits per heavy atom. The van der Waals surface area contributed by atoms with Gasteiger partial charge in [-0.1, -0.05) is 46.4 Å². The Kier molecular flexibility index (Phi) is 2.91. The van der Waals surface area contributed by atoms with Crippen LogP contribution in [-0.2, 0) is 0 Å². The zero-order valence-corrected chi connectivity index (χ0v) is 7.48. The van der Waals surface area contributed by atoms with E-state index < -0.39 is 8.67 Å². The van der Waals surface area contributed by atoms with Crippen molar-refractivity contribution < 1.29 is 0 Å². The molecule has 0 aromatic rings. The van der Waals surface area contributed by atoms with E-state index in [1.165, 1.54) is 6.92 Å². The van der Waals surface area contributed by atoms with Gasteiger partial charge in [-0.2, -0.15) is 5.26 Å². The normalized spacial score (nSPS) is 12.9. The third-order valence-electron chi connectivity index (χ3n) is 0.692. The number of halogens is 4. The first-order chi connectivity index (χ1) is 3.81. The van der Waals surface area contributed by atoms with Crippen molar-refractivity contribution in [3.63, 3.8) is 0 Å². The van der Waals surface area contributed by atoms with Gasteiger partial charge in [0.05, 0.1) is 0 Å². The van der Waals surface area contributed by atoms with Crippen LogP contribution < -0.4 is 0 Å². The molecule has 0 bridgehead atoms. The molecule has 0 atom stereocenters. The maximum atomic E-state index is 8.25. The van der Waals surface area contributed by atoms with Crippen LogP contribution in [0.4, 0.5) is 0 Å². The fourth-order valence-corrected chi connectivity index (χ4v) is 0.183. The molecule has 1 nitrogen and oxygen atoms in total. The molecule has 52 valence electrons. The molecule has 5 heteroatoms. The lowest BCUT2D eigenvalue weighted by molar-refractivity contribution is 0.840. The van der Waals surface area contributed by atoms with E-state index in [9.17, 15) is 0 Å². The summed E-state index contributed by atoms with van der Waals surface area (Å²) in [6.45, 7) is 1.35. The first kappa shape index (κ1) is 9.65. The molecule has 0 radical (unpaired) electrons. The van der Waals surface area contributed by atoms with E-state index >= 15 is 0 Å². The summed E-state index contributed by atoms with van der Waals surface area (Å²) in [5, 5.41) is 8.25. The smallest absolute Gasteiger partial charge is 0.195 e. The number of hydrogen-bond acceptors (Lipinski definition) is 1. The molecule has 0 aromatic heterocycles. The molecule has 0 aliphatic heterocycles. The average molecular weight is 207 g/mol. The minimum atomic E-state index is -1.74. The van der Waals surface area contributed by atoms with Crippen LogP contribution in [0.1, 0.15) is 6.92 Å². The van der Waals surface area contributed by atoms with Crippen LogP contribution >= 0.6 is 46.4 Å². The predicted octanol–water partition coefficient (Wildman–Crippen LogP) is 2.88. The predicted molar refractivity (Wildman–Crippen MR) is 40.2 cm³/mol. The zero-order valence-electron chi connectivity index (χ0n) is 4.46. The number of nitrogens with zero attached hydrogens (tertiary/aromatic N) is 1. The monoisotopic (exact) mass is 205 g/mol. The SMILES string of the molecule is CC(Cl)(Cl)C(Cl)(Cl)C#N. The molecule has 0 unspecified atom stereocenters. The Morgan fingerprint density at radius 2 is 1.56 bits per heavy atom. The summed E-state index contributed by atoms with van der Waals surface area (Å²) in [5.74, 6) is 0. The van der Waals surface area contributed by atoms with Gasteiger partial charge in [-0.25, -0.2) is 0 Å². The van der Waals surface area contributed by atoms with E-state index in [2.05, 4.69) is 0 Å². The van der Waals surface area contributed by atoms with Crippen LogP contribution in [0.5, 0.6) is 0 Å². The highest BCUT2D eigenvalue weighted by Crippen LogP contribution is 2.41. The van der Waals surface area contributed by atoms with E-state index in [1.54, 1.807) is 6.07 Å². The van der Waals surface area contributed by atoms with Gasteiger partial charge in [0.2, 0.25) is 4.33 Å². The van der Waals surface area contributed by atoms with Crippen LogP contribution in [0.3, 0.4) is 0 Å². The molecule has 0 aromatic carbocycles. The molecule has 9 heavy (non-hydrogen) atoms. The van der Waals surface area contributed by atoms with Crippen molar-refractivity contribution in [3.05, 3.63) is 0 Å². The molecule has 0 rings (SSSR count). The maximum Gasteiger partial charge on any atom is 0.235 e. The summed E-state index contributed by atoms with van der Waals surface area (Å²) in [7, 11) is 0. The van der Waals surface area contributed by atoms with Gasteiger partial charge in [0.25, 0.3) is 0 Å². The molecule has 0 aliphatic rings. The van der Waals surface area contributed by atoms with Crippen molar-refractivity contribution in [1.82, 2.24) is 0 Å². The first-order valence-electron chi connectivity index (χ1n) is 1.98. The van der Waals surface area contributed by atoms with Crippen LogP contribution in [0.25, 0.3) is 0 Å². The van der Waals surface area contributed by atoms with Gasteiger partial charge < -0.3 is 0 Å². The molecule has 0 aliphatic carbocycles. The highest BCUT2D eigenvalue weighted by molar-refractivity contribution is 6.63. The van der Waals surface area contributed by atoms with E-state index in [0.29, 0.717) is 0 Å². The molecular formula is C4H3Cl4N. The van der Waals surface area contributed by atoms with Gasteiger partial charge in [-0.3, -0.25) is 0 Å². The number of hydrogen-bond donors (Lipinski definition) is 0. The zero-order chi connectivity index (χ0) is 7.71. The second-order valence-corrected chi connectivity index (χ2v) is 4.61. The van der Waals surface area contributed by atoms with E-state index in [1.807, 2.05) is 0 Å². The second-order valence-electron chi connectivity index (χ2n) is 1.57. The van der Waals surface area contributed by atoms with Gasteiger partial charge in [0, 0.05) is 0 Å². The third-order valence-corrected chi connectivity index (χ3v) is 2.57. The van der Waals surface area contributed by atoms with Gasteiger partial charge >= 0.3 is 0 Å². The summed E-state index contributed by atoms with van der Waals surface area (Å²) in [6.07, 6.45) is 0. The van der Waals surface area contributed by atoms with E-state index in [-0.39, 0.29) is 0 Å². The number of alkyl halides is 4. The quantitative estimate of drug-likeness (QED) is 0.606. The number of rotatable bonds is 1. The minimum absolute atomic E-state index is 1.35. The Morgan fingerprint density at radius 1 is 1.22 bits per heavy atom. The molecule has 0 N–H and O–H groups in total. The second kappa shape index (κ2) is 2.72. The lowest BCUT2D eigenvalue weighted by atomic mass is 10.3. The molecule has 0 amide bonds. The lowest BCUT2D eigenvalue weighted by Gasteiger charge is -2.21. The van der Waals surface area contributed by atoms with Crippen LogP contribution in [-0.4, -0.2) is 8.67 Å². The van der Waals surface area contributed by atoms with Crippen molar-refractivity contribution in [1.29, 1.82) is 5.26 Å². The summed E-state index contributed by atoms with van der Waals surface area (Å²) in [5.41, 5.74) is 0. The summed E-state index contributed by atoms with van der Waals surface area (Å²) < 4.78 is -3.18. The fourth-order valence-electron chi connectivity index (χ4n) is 0.0982. The van der Waals surface area contributed by atoms with Crippen molar-refractivity contribution in [2.75, 3.05) is 0 Å². The highest BCUT2D eigenvalue weighted by atomic mass is 35.5. The average Bonchev–Trinajstić information content (AvgIpc) is 1.64. The molecule has 0 spiro atoms. The summed E-state index contributed by atoms with van der Waals surface area (Å²) in [4.78, 5) is 0. The standard InChI is InChI=1S/C4H3Cl4N/c1-3(5,6)4(7,8)2-9/h1H3. The van der Waals surface area contributed by atoms with Crippen LogP contribution in [0, 0.1) is 11.3 Å². The Bertz CT molecular complexity index is 140. The molecular weight excluding hydrogens is 204 g/mol. The van der Waals surface area contributed by atoms with Gasteiger partial charge in [-0.15, -0.1) is 0 Å². The molecule has 0 fully saturated rings. The molecule has 0 saturated carbocycles. The van der Waals surface area contributed by atoms with Crippen molar-refractivity contribution in [2.45, 2.75) is 15.6 Å². The maximum absolute atomic E-state index is 8.25. The minimum Gasteiger partial charge on any atom is -0.195 e. The van der Waals surface area contributed by atoms with Gasteiger partial charge in [-0.05, 0) is 6.92 Å². The Balaban J connectivity index is 4.39. The Labute approximate surface area is 73.4 Å². The van der Waals surface area contributed by atoms with Crippen molar-refractivity contribution in [3.8, 4) is 6.07 Å².